The number of nitrogens with zero attached hydrogens (tertiary/aromatic N) is 1. The van der Waals surface area contributed by atoms with E-state index < -0.39 is 6.29 Å². The fraction of sp³-hybridized carbons (Fsp3) is 0.235. The predicted molar refractivity (Wildman–Crippen MR) is 80.0 cm³/mol. The second-order valence-corrected chi connectivity index (χ2v) is 5.18. The van der Waals surface area contributed by atoms with Crippen molar-refractivity contribution >= 4 is 5.91 Å². The van der Waals surface area contributed by atoms with Crippen molar-refractivity contribution < 1.29 is 19.5 Å². The van der Waals surface area contributed by atoms with Gasteiger partial charge in [-0.15, -0.1) is 0 Å². The summed E-state index contributed by atoms with van der Waals surface area (Å²) in [6, 6.07) is 15.7. The molecule has 1 aliphatic heterocycles. The molecule has 2 aromatic carbocycles. The zero-order valence-corrected chi connectivity index (χ0v) is 12.2. The van der Waals surface area contributed by atoms with Crippen molar-refractivity contribution in [2.75, 3.05) is 6.54 Å². The maximum absolute atomic E-state index is 12.5. The highest BCUT2D eigenvalue weighted by Gasteiger charge is 2.32. The van der Waals surface area contributed by atoms with Crippen LogP contribution in [0.25, 0.3) is 0 Å². The summed E-state index contributed by atoms with van der Waals surface area (Å²) in [5.74, 6) is -0.148. The number of amides is 1. The molecule has 1 heterocycles. The van der Waals surface area contributed by atoms with Crippen LogP contribution in [-0.2, 0) is 9.57 Å². The Bertz CT molecular complexity index is 659. The number of rotatable bonds is 2. The quantitative estimate of drug-likeness (QED) is 0.926. The number of benzene rings is 2. The monoisotopic (exact) mass is 299 g/mol. The van der Waals surface area contributed by atoms with Crippen LogP contribution in [0.15, 0.2) is 54.6 Å². The van der Waals surface area contributed by atoms with Crippen molar-refractivity contribution in [1.82, 2.24) is 5.06 Å². The van der Waals surface area contributed by atoms with Gasteiger partial charge >= 0.3 is 0 Å². The van der Waals surface area contributed by atoms with Crippen LogP contribution < -0.4 is 0 Å². The standard InChI is InChI=1S/C17H17NO4/c1-12-11-18(16(20)13-7-3-2-4-8-13)22-17(21-12)14-9-5-6-10-15(14)19/h2-10,12,17,19H,11H2,1H3/t12-,17-/m1/s1. The van der Waals surface area contributed by atoms with Gasteiger partial charge in [0, 0.05) is 5.56 Å². The highest BCUT2D eigenvalue weighted by Crippen LogP contribution is 2.32. The maximum atomic E-state index is 12.5. The molecule has 0 radical (unpaired) electrons. The average Bonchev–Trinajstić information content (AvgIpc) is 2.55. The number of phenolic OH excluding ortho intramolecular Hbond substituents is 1. The first kappa shape index (κ1) is 14.6. The van der Waals surface area contributed by atoms with Crippen LogP contribution >= 0.6 is 0 Å². The van der Waals surface area contributed by atoms with Gasteiger partial charge in [-0.05, 0) is 25.1 Å². The van der Waals surface area contributed by atoms with Crippen molar-refractivity contribution in [3.05, 3.63) is 65.7 Å². The molecule has 0 aromatic heterocycles. The molecule has 22 heavy (non-hydrogen) atoms. The molecule has 2 aromatic rings. The van der Waals surface area contributed by atoms with Crippen LogP contribution in [0.4, 0.5) is 0 Å². The second kappa shape index (κ2) is 6.17. The topological polar surface area (TPSA) is 59.0 Å². The molecular formula is C17H17NO4. The molecule has 114 valence electrons. The first-order valence-corrected chi connectivity index (χ1v) is 7.12. The summed E-state index contributed by atoms with van der Waals surface area (Å²) in [5, 5.41) is 11.2. The Kier molecular flexibility index (Phi) is 4.09. The minimum Gasteiger partial charge on any atom is -0.507 e. The van der Waals surface area contributed by atoms with Crippen molar-refractivity contribution in [3.8, 4) is 5.75 Å². The first-order valence-electron chi connectivity index (χ1n) is 7.12. The van der Waals surface area contributed by atoms with E-state index in [9.17, 15) is 9.90 Å². The van der Waals surface area contributed by atoms with Gasteiger partial charge in [-0.25, -0.2) is 9.90 Å². The Labute approximate surface area is 128 Å². The molecule has 1 N–H and O–H groups in total. The van der Waals surface area contributed by atoms with E-state index in [1.807, 2.05) is 13.0 Å². The number of hydrogen-bond acceptors (Lipinski definition) is 4. The third kappa shape index (κ3) is 2.95. The zero-order chi connectivity index (χ0) is 15.5. The minimum atomic E-state index is -0.808. The molecule has 0 bridgehead atoms. The molecule has 5 nitrogen and oxygen atoms in total. The third-order valence-electron chi connectivity index (χ3n) is 3.44. The number of carbonyl (C=O) groups is 1. The Balaban J connectivity index is 1.82. The second-order valence-electron chi connectivity index (χ2n) is 5.18. The molecule has 1 aliphatic rings. The van der Waals surface area contributed by atoms with Crippen LogP contribution in [0, 0.1) is 0 Å². The van der Waals surface area contributed by atoms with Gasteiger partial charge in [0.2, 0.25) is 6.29 Å². The summed E-state index contributed by atoms with van der Waals surface area (Å²) in [7, 11) is 0. The summed E-state index contributed by atoms with van der Waals surface area (Å²) in [6.45, 7) is 2.19. The maximum Gasteiger partial charge on any atom is 0.277 e. The van der Waals surface area contributed by atoms with Gasteiger partial charge in [0.15, 0.2) is 0 Å². The summed E-state index contributed by atoms with van der Waals surface area (Å²) in [6.07, 6.45) is -1.01. The third-order valence-corrected chi connectivity index (χ3v) is 3.44. The van der Waals surface area contributed by atoms with Crippen molar-refractivity contribution in [2.45, 2.75) is 19.3 Å². The van der Waals surface area contributed by atoms with E-state index in [-0.39, 0.29) is 17.8 Å². The van der Waals surface area contributed by atoms with E-state index in [1.165, 1.54) is 5.06 Å². The lowest BCUT2D eigenvalue weighted by Crippen LogP contribution is -2.44. The minimum absolute atomic E-state index is 0.0775. The fourth-order valence-electron chi connectivity index (χ4n) is 2.34. The Hall–Kier alpha value is -2.37. The van der Waals surface area contributed by atoms with Crippen LogP contribution in [0.1, 0.15) is 29.1 Å². The van der Waals surface area contributed by atoms with Crippen molar-refractivity contribution in [2.24, 2.45) is 0 Å². The van der Waals surface area contributed by atoms with Gasteiger partial charge in [-0.3, -0.25) is 4.79 Å². The molecular weight excluding hydrogens is 282 g/mol. The average molecular weight is 299 g/mol. The number of para-hydroxylation sites is 1. The molecule has 1 amide bonds. The molecule has 0 aliphatic carbocycles. The number of ether oxygens (including phenoxy) is 1. The van der Waals surface area contributed by atoms with Gasteiger partial charge in [0.25, 0.3) is 5.91 Å². The lowest BCUT2D eigenvalue weighted by atomic mass is 10.2. The summed E-state index contributed by atoms with van der Waals surface area (Å²) < 4.78 is 5.69. The van der Waals surface area contributed by atoms with Gasteiger partial charge in [-0.2, -0.15) is 0 Å². The molecule has 1 fully saturated rings. The van der Waals surface area contributed by atoms with Gasteiger partial charge < -0.3 is 9.84 Å². The first-order chi connectivity index (χ1) is 10.6. The van der Waals surface area contributed by atoms with Gasteiger partial charge in [0.1, 0.15) is 5.75 Å². The molecule has 2 atom stereocenters. The van der Waals surface area contributed by atoms with Crippen molar-refractivity contribution in [1.29, 1.82) is 0 Å². The fourth-order valence-corrected chi connectivity index (χ4v) is 2.34. The molecule has 0 spiro atoms. The number of hydrogen-bond donors (Lipinski definition) is 1. The van der Waals surface area contributed by atoms with E-state index in [4.69, 9.17) is 9.57 Å². The van der Waals surface area contributed by atoms with Crippen LogP contribution in [0.5, 0.6) is 5.75 Å². The SMILES string of the molecule is C[C@@H]1CN(C(=O)c2ccccc2)O[C@H](c2ccccc2O)O1. The Morgan fingerprint density at radius 3 is 2.55 bits per heavy atom. The highest BCUT2D eigenvalue weighted by atomic mass is 16.8. The Morgan fingerprint density at radius 1 is 1.14 bits per heavy atom. The zero-order valence-electron chi connectivity index (χ0n) is 12.2. The Morgan fingerprint density at radius 2 is 1.82 bits per heavy atom. The van der Waals surface area contributed by atoms with Crippen LogP contribution in [0.2, 0.25) is 0 Å². The predicted octanol–water partition coefficient (Wildman–Crippen LogP) is 2.88. The van der Waals surface area contributed by atoms with Crippen molar-refractivity contribution in [3.63, 3.8) is 0 Å². The number of aromatic hydroxyl groups is 1. The van der Waals surface area contributed by atoms with E-state index in [0.717, 1.165) is 0 Å². The normalized spacial score (nSPS) is 21.6. The van der Waals surface area contributed by atoms with Crippen LogP contribution in [-0.4, -0.2) is 28.7 Å². The van der Waals surface area contributed by atoms with E-state index in [2.05, 4.69) is 0 Å². The van der Waals surface area contributed by atoms with E-state index in [0.29, 0.717) is 17.7 Å². The molecule has 0 saturated carbocycles. The molecule has 3 rings (SSSR count). The van der Waals surface area contributed by atoms with E-state index in [1.54, 1.807) is 48.5 Å². The molecule has 0 unspecified atom stereocenters. The summed E-state index contributed by atoms with van der Waals surface area (Å²) in [4.78, 5) is 18.1. The largest absolute Gasteiger partial charge is 0.507 e. The van der Waals surface area contributed by atoms with Crippen LogP contribution in [0.3, 0.4) is 0 Å². The number of hydroxylamine groups is 2. The number of phenols is 1. The lowest BCUT2D eigenvalue weighted by Gasteiger charge is -2.36. The molecule has 1 saturated heterocycles. The smallest absolute Gasteiger partial charge is 0.277 e. The summed E-state index contributed by atoms with van der Waals surface area (Å²) in [5.41, 5.74) is 1.05. The lowest BCUT2D eigenvalue weighted by molar-refractivity contribution is -0.320. The highest BCUT2D eigenvalue weighted by molar-refractivity contribution is 5.93. The van der Waals surface area contributed by atoms with E-state index >= 15 is 0 Å². The van der Waals surface area contributed by atoms with Gasteiger partial charge in [0.05, 0.1) is 18.2 Å². The summed E-state index contributed by atoms with van der Waals surface area (Å²) >= 11 is 0. The van der Waals surface area contributed by atoms with Gasteiger partial charge in [-0.1, -0.05) is 36.4 Å². The number of carbonyl (C=O) groups excluding carboxylic acids is 1. The molecule has 5 heteroatoms.